The Morgan fingerprint density at radius 2 is 1.62 bits per heavy atom. The molecule has 0 aliphatic rings. The van der Waals surface area contributed by atoms with E-state index in [2.05, 4.69) is 10.6 Å². The first-order chi connectivity index (χ1) is 15.0. The van der Waals surface area contributed by atoms with Gasteiger partial charge in [0.15, 0.2) is 0 Å². The minimum Gasteiger partial charge on any atom is -0.491 e. The summed E-state index contributed by atoms with van der Waals surface area (Å²) < 4.78 is 43.0. The number of rotatable bonds is 9. The number of halogens is 3. The Morgan fingerprint density at radius 1 is 1.03 bits per heavy atom. The number of hydrogen-bond acceptors (Lipinski definition) is 4. The Morgan fingerprint density at radius 3 is 2.16 bits per heavy atom. The van der Waals surface area contributed by atoms with Crippen molar-refractivity contribution in [2.24, 2.45) is 5.92 Å². The second kappa shape index (κ2) is 11.0. The van der Waals surface area contributed by atoms with Crippen LogP contribution in [0, 0.1) is 12.8 Å². The zero-order valence-electron chi connectivity index (χ0n) is 18.1. The van der Waals surface area contributed by atoms with E-state index in [1.165, 1.54) is 0 Å². The van der Waals surface area contributed by atoms with Gasteiger partial charge in [-0.15, -0.1) is 0 Å². The van der Waals surface area contributed by atoms with E-state index in [-0.39, 0.29) is 30.7 Å². The molecule has 0 spiro atoms. The summed E-state index contributed by atoms with van der Waals surface area (Å²) >= 11 is 0. The third-order valence-electron chi connectivity index (χ3n) is 4.69. The molecule has 0 aliphatic carbocycles. The van der Waals surface area contributed by atoms with Crippen molar-refractivity contribution in [1.29, 1.82) is 0 Å². The van der Waals surface area contributed by atoms with Crippen LogP contribution in [0.5, 0.6) is 5.75 Å². The average molecular weight is 452 g/mol. The van der Waals surface area contributed by atoms with E-state index in [1.807, 2.05) is 6.92 Å². The van der Waals surface area contributed by atoms with Crippen LogP contribution in [0.2, 0.25) is 0 Å². The molecule has 6 nitrogen and oxygen atoms in total. The minimum atomic E-state index is -4.44. The minimum absolute atomic E-state index is 0.150. The zero-order valence-corrected chi connectivity index (χ0v) is 18.1. The fourth-order valence-electron chi connectivity index (χ4n) is 2.78. The van der Waals surface area contributed by atoms with Crippen LogP contribution in [-0.4, -0.2) is 42.2 Å². The molecule has 2 atom stereocenters. The summed E-state index contributed by atoms with van der Waals surface area (Å²) in [5.41, 5.74) is 0.635. The summed E-state index contributed by atoms with van der Waals surface area (Å²) in [6.07, 6.45) is -5.54. The summed E-state index contributed by atoms with van der Waals surface area (Å²) in [6, 6.07) is 10.2. The van der Waals surface area contributed by atoms with E-state index in [0.717, 1.165) is 29.8 Å². The predicted octanol–water partition coefficient (Wildman–Crippen LogP) is 3.32. The Kier molecular flexibility index (Phi) is 8.65. The summed E-state index contributed by atoms with van der Waals surface area (Å²) in [5.74, 6) is -0.891. The first kappa shape index (κ1) is 25.2. The monoisotopic (exact) mass is 452 g/mol. The normalized spacial score (nSPS) is 13.4. The maximum absolute atomic E-state index is 12.6. The second-order valence-electron chi connectivity index (χ2n) is 7.79. The average Bonchev–Trinajstić information content (AvgIpc) is 2.74. The molecule has 0 saturated heterocycles. The number of ether oxygens (including phenoxy) is 1. The van der Waals surface area contributed by atoms with Crippen molar-refractivity contribution in [3.63, 3.8) is 0 Å². The van der Waals surface area contributed by atoms with Crippen molar-refractivity contribution in [2.75, 3.05) is 13.2 Å². The highest BCUT2D eigenvalue weighted by Gasteiger charge is 2.30. The van der Waals surface area contributed by atoms with E-state index >= 15 is 0 Å². The lowest BCUT2D eigenvalue weighted by molar-refractivity contribution is -0.137. The Balaban J connectivity index is 1.84. The third kappa shape index (κ3) is 7.56. The number of nitrogens with one attached hydrogen (secondary N) is 2. The number of aliphatic hydroxyl groups is 1. The molecule has 174 valence electrons. The first-order valence-corrected chi connectivity index (χ1v) is 10.1. The molecular weight excluding hydrogens is 425 g/mol. The zero-order chi connectivity index (χ0) is 23.9. The van der Waals surface area contributed by atoms with Crippen molar-refractivity contribution in [3.05, 3.63) is 65.2 Å². The quantitative estimate of drug-likeness (QED) is 0.545. The molecule has 0 aromatic heterocycles. The van der Waals surface area contributed by atoms with Crippen LogP contribution in [0.3, 0.4) is 0 Å². The maximum atomic E-state index is 12.6. The fraction of sp³-hybridized carbons (Fsp3) is 0.391. The summed E-state index contributed by atoms with van der Waals surface area (Å²) in [6.45, 7) is 5.09. The van der Waals surface area contributed by atoms with Crippen molar-refractivity contribution in [3.8, 4) is 5.75 Å². The Hall–Kier alpha value is -3.07. The van der Waals surface area contributed by atoms with Gasteiger partial charge in [0.2, 0.25) is 5.91 Å². The van der Waals surface area contributed by atoms with Gasteiger partial charge in [0.05, 0.1) is 5.56 Å². The van der Waals surface area contributed by atoms with Crippen LogP contribution in [0.1, 0.15) is 35.3 Å². The molecule has 2 amide bonds. The topological polar surface area (TPSA) is 87.7 Å². The molecule has 9 heteroatoms. The van der Waals surface area contributed by atoms with E-state index in [0.29, 0.717) is 5.56 Å². The van der Waals surface area contributed by atoms with Crippen LogP contribution in [0.15, 0.2) is 48.5 Å². The van der Waals surface area contributed by atoms with Gasteiger partial charge in [-0.1, -0.05) is 31.5 Å². The standard InChI is InChI=1S/C23H27F3N2O4/c1-14(2)20(28-21(30)16-6-4-15(3)5-7-16)22(31)27-12-18(29)13-32-19-10-8-17(9-11-19)23(24,25)26/h4-11,14,18,20,29H,12-13H2,1-3H3,(H,27,31)(H,28,30). The molecule has 0 fully saturated rings. The van der Waals surface area contributed by atoms with E-state index < -0.39 is 29.8 Å². The molecule has 0 radical (unpaired) electrons. The van der Waals surface area contributed by atoms with Gasteiger partial charge < -0.3 is 20.5 Å². The third-order valence-corrected chi connectivity index (χ3v) is 4.69. The molecule has 0 bridgehead atoms. The SMILES string of the molecule is Cc1ccc(C(=O)NC(C(=O)NCC(O)COc2ccc(C(F)(F)F)cc2)C(C)C)cc1. The molecular formula is C23H27F3N2O4. The van der Waals surface area contributed by atoms with Crippen molar-refractivity contribution in [2.45, 2.75) is 39.1 Å². The van der Waals surface area contributed by atoms with Gasteiger partial charge in [0.1, 0.15) is 24.5 Å². The highest BCUT2D eigenvalue weighted by atomic mass is 19.4. The highest BCUT2D eigenvalue weighted by molar-refractivity contribution is 5.97. The molecule has 2 unspecified atom stereocenters. The second-order valence-corrected chi connectivity index (χ2v) is 7.79. The van der Waals surface area contributed by atoms with Crippen LogP contribution in [0.25, 0.3) is 0 Å². The number of alkyl halides is 3. The summed E-state index contributed by atoms with van der Waals surface area (Å²) in [4.78, 5) is 25.0. The fourth-order valence-corrected chi connectivity index (χ4v) is 2.78. The van der Waals surface area contributed by atoms with Gasteiger partial charge in [-0.2, -0.15) is 13.2 Å². The molecule has 2 aromatic rings. The molecule has 2 rings (SSSR count). The van der Waals surface area contributed by atoms with Crippen LogP contribution >= 0.6 is 0 Å². The van der Waals surface area contributed by atoms with Gasteiger partial charge in [-0.05, 0) is 49.2 Å². The number of carbonyl (C=O) groups is 2. The van der Waals surface area contributed by atoms with Gasteiger partial charge >= 0.3 is 6.18 Å². The van der Waals surface area contributed by atoms with E-state index in [4.69, 9.17) is 4.74 Å². The number of amides is 2. The smallest absolute Gasteiger partial charge is 0.416 e. The van der Waals surface area contributed by atoms with E-state index in [9.17, 15) is 27.9 Å². The first-order valence-electron chi connectivity index (χ1n) is 10.1. The largest absolute Gasteiger partial charge is 0.491 e. The maximum Gasteiger partial charge on any atom is 0.416 e. The number of hydrogen-bond donors (Lipinski definition) is 3. The lowest BCUT2D eigenvalue weighted by Gasteiger charge is -2.22. The van der Waals surface area contributed by atoms with Crippen molar-refractivity contribution in [1.82, 2.24) is 10.6 Å². The molecule has 0 heterocycles. The van der Waals surface area contributed by atoms with E-state index in [1.54, 1.807) is 38.1 Å². The van der Waals surface area contributed by atoms with Gasteiger partial charge in [-0.3, -0.25) is 9.59 Å². The predicted molar refractivity (Wildman–Crippen MR) is 113 cm³/mol. The van der Waals surface area contributed by atoms with Crippen molar-refractivity contribution < 1.29 is 32.6 Å². The van der Waals surface area contributed by atoms with Crippen molar-refractivity contribution >= 4 is 11.8 Å². The lowest BCUT2D eigenvalue weighted by Crippen LogP contribution is -2.51. The Bertz CT molecular complexity index is 897. The molecule has 0 aliphatic heterocycles. The van der Waals surface area contributed by atoms with Gasteiger partial charge in [0.25, 0.3) is 5.91 Å². The summed E-state index contributed by atoms with van der Waals surface area (Å²) in [7, 11) is 0. The Labute approximate surface area is 184 Å². The lowest BCUT2D eigenvalue weighted by atomic mass is 10.0. The number of carbonyl (C=O) groups excluding carboxylic acids is 2. The number of benzene rings is 2. The molecule has 2 aromatic carbocycles. The summed E-state index contributed by atoms with van der Waals surface area (Å²) in [5, 5.41) is 15.3. The number of aliphatic hydroxyl groups excluding tert-OH is 1. The molecule has 32 heavy (non-hydrogen) atoms. The van der Waals surface area contributed by atoms with Crippen LogP contribution in [-0.2, 0) is 11.0 Å². The number of aryl methyl sites for hydroxylation is 1. The molecule has 3 N–H and O–H groups in total. The highest BCUT2D eigenvalue weighted by Crippen LogP contribution is 2.30. The van der Waals surface area contributed by atoms with Crippen LogP contribution in [0.4, 0.5) is 13.2 Å². The molecule has 0 saturated carbocycles. The van der Waals surface area contributed by atoms with Gasteiger partial charge in [0, 0.05) is 12.1 Å². The van der Waals surface area contributed by atoms with Crippen LogP contribution < -0.4 is 15.4 Å². The van der Waals surface area contributed by atoms with Gasteiger partial charge in [-0.25, -0.2) is 0 Å².